The largest absolute Gasteiger partial charge is 0.573 e. The van der Waals surface area contributed by atoms with Gasteiger partial charge in [-0.2, -0.15) is 4.31 Å². The molecule has 1 rings (SSSR count). The van der Waals surface area contributed by atoms with Crippen molar-refractivity contribution in [2.75, 3.05) is 13.1 Å². The first-order valence-electron chi connectivity index (χ1n) is 6.29. The summed E-state index contributed by atoms with van der Waals surface area (Å²) in [6.45, 7) is 3.12. The highest BCUT2D eigenvalue weighted by Crippen LogP contribution is 2.30. The number of nitrogens with zero attached hydrogens (tertiary/aromatic N) is 1. The molecule has 0 aliphatic carbocycles. The molecule has 0 bridgehead atoms. The van der Waals surface area contributed by atoms with Crippen LogP contribution in [0.15, 0.2) is 23.1 Å². The number of ether oxygens (including phenoxy) is 1. The summed E-state index contributed by atoms with van der Waals surface area (Å²) < 4.78 is 66.6. The average molecular weight is 341 g/mol. The van der Waals surface area contributed by atoms with E-state index in [1.807, 2.05) is 0 Å². The van der Waals surface area contributed by atoms with Crippen molar-refractivity contribution in [1.82, 2.24) is 4.31 Å². The minimum atomic E-state index is -5.08. The number of hydrogen-bond donors (Lipinski definition) is 2. The van der Waals surface area contributed by atoms with Gasteiger partial charge in [0.1, 0.15) is 10.6 Å². The van der Waals surface area contributed by atoms with Crippen molar-refractivity contribution in [1.29, 1.82) is 0 Å². The van der Waals surface area contributed by atoms with Crippen molar-refractivity contribution in [2.24, 2.45) is 0 Å². The molecule has 0 aromatic heterocycles. The van der Waals surface area contributed by atoms with Gasteiger partial charge in [0.25, 0.3) is 0 Å². The van der Waals surface area contributed by atoms with Crippen molar-refractivity contribution in [3.05, 3.63) is 18.2 Å². The summed E-state index contributed by atoms with van der Waals surface area (Å²) in [4.78, 5) is -0.779. The van der Waals surface area contributed by atoms with Crippen molar-refractivity contribution < 1.29 is 36.4 Å². The average Bonchev–Trinajstić information content (AvgIpc) is 2.37. The Morgan fingerprint density at radius 1 is 1.23 bits per heavy atom. The third-order valence-corrected chi connectivity index (χ3v) is 4.89. The predicted octanol–water partition coefficient (Wildman–Crippen LogP) is 0.296. The van der Waals surface area contributed by atoms with E-state index >= 15 is 0 Å². The van der Waals surface area contributed by atoms with Crippen LogP contribution in [0.5, 0.6) is 5.75 Å². The lowest BCUT2D eigenvalue weighted by molar-refractivity contribution is -0.275. The molecule has 22 heavy (non-hydrogen) atoms. The molecular weight excluding hydrogens is 326 g/mol. The fourth-order valence-electron chi connectivity index (χ4n) is 1.80. The fraction of sp³-hybridized carbons (Fsp3) is 0.455. The molecule has 0 amide bonds. The molecule has 0 aliphatic rings. The zero-order valence-electron chi connectivity index (χ0n) is 11.8. The van der Waals surface area contributed by atoms with Crippen LogP contribution in [0.1, 0.15) is 13.8 Å². The Hall–Kier alpha value is -1.30. The number of benzene rings is 1. The standard InChI is InChI=1S/C11H15BF3NO5S/c1-3-16(4-2)22(19,20)10-7-8(12(17)18)5-6-9(10)21-11(13,14)15/h5-7,17-18H,3-4H2,1-2H3. The van der Waals surface area contributed by atoms with Crippen LogP contribution in [-0.2, 0) is 10.0 Å². The highest BCUT2D eigenvalue weighted by Gasteiger charge is 2.35. The van der Waals surface area contributed by atoms with Crippen LogP contribution in [0.25, 0.3) is 0 Å². The molecule has 1 aromatic carbocycles. The maximum Gasteiger partial charge on any atom is 0.573 e. The Bertz CT molecular complexity index is 617. The van der Waals surface area contributed by atoms with Crippen LogP contribution in [0.4, 0.5) is 13.2 Å². The van der Waals surface area contributed by atoms with E-state index in [1.54, 1.807) is 0 Å². The van der Waals surface area contributed by atoms with Crippen LogP contribution < -0.4 is 10.2 Å². The van der Waals surface area contributed by atoms with Gasteiger partial charge < -0.3 is 14.8 Å². The van der Waals surface area contributed by atoms with Gasteiger partial charge in [-0.15, -0.1) is 13.2 Å². The van der Waals surface area contributed by atoms with Crippen molar-refractivity contribution in [3.8, 4) is 5.75 Å². The lowest BCUT2D eigenvalue weighted by Gasteiger charge is -2.21. The highest BCUT2D eigenvalue weighted by molar-refractivity contribution is 7.89. The molecule has 0 aliphatic heterocycles. The van der Waals surface area contributed by atoms with Gasteiger partial charge in [0.15, 0.2) is 0 Å². The van der Waals surface area contributed by atoms with Gasteiger partial charge in [0.05, 0.1) is 0 Å². The van der Waals surface area contributed by atoms with Crippen LogP contribution in [0.3, 0.4) is 0 Å². The normalized spacial score (nSPS) is 12.5. The summed E-state index contributed by atoms with van der Waals surface area (Å²) in [7, 11) is -6.30. The summed E-state index contributed by atoms with van der Waals surface area (Å²) in [6.07, 6.45) is -5.08. The SMILES string of the molecule is CCN(CC)S(=O)(=O)c1cc(B(O)O)ccc1OC(F)(F)F. The molecule has 0 fully saturated rings. The van der Waals surface area contributed by atoms with Gasteiger partial charge in [-0.3, -0.25) is 0 Å². The summed E-state index contributed by atoms with van der Waals surface area (Å²) in [5.74, 6) is -0.927. The van der Waals surface area contributed by atoms with Gasteiger partial charge in [-0.1, -0.05) is 19.9 Å². The molecule has 0 saturated heterocycles. The van der Waals surface area contributed by atoms with Gasteiger partial charge in [-0.05, 0) is 17.6 Å². The molecule has 2 N–H and O–H groups in total. The molecule has 124 valence electrons. The summed E-state index contributed by atoms with van der Waals surface area (Å²) >= 11 is 0. The minimum Gasteiger partial charge on any atom is -0.423 e. The zero-order chi connectivity index (χ0) is 17.1. The third-order valence-electron chi connectivity index (χ3n) is 2.81. The molecule has 0 saturated carbocycles. The molecule has 0 unspecified atom stereocenters. The van der Waals surface area contributed by atoms with Crippen molar-refractivity contribution in [2.45, 2.75) is 25.1 Å². The second kappa shape index (κ2) is 6.86. The van der Waals surface area contributed by atoms with Crippen LogP contribution >= 0.6 is 0 Å². The summed E-state index contributed by atoms with van der Waals surface area (Å²) in [5, 5.41) is 18.1. The van der Waals surface area contributed by atoms with Crippen LogP contribution in [0, 0.1) is 0 Å². The Balaban J connectivity index is 3.49. The zero-order valence-corrected chi connectivity index (χ0v) is 12.6. The first-order valence-corrected chi connectivity index (χ1v) is 7.73. The summed E-state index contributed by atoms with van der Waals surface area (Å²) in [6, 6.07) is 2.42. The number of sulfonamides is 1. The quantitative estimate of drug-likeness (QED) is 0.727. The minimum absolute atomic E-state index is 0.0379. The van der Waals surface area contributed by atoms with Crippen molar-refractivity contribution in [3.63, 3.8) is 0 Å². The van der Waals surface area contributed by atoms with E-state index in [1.165, 1.54) is 13.8 Å². The third kappa shape index (κ3) is 4.35. The number of alkyl halides is 3. The highest BCUT2D eigenvalue weighted by atomic mass is 32.2. The Morgan fingerprint density at radius 2 is 1.77 bits per heavy atom. The first kappa shape index (κ1) is 18.8. The lowest BCUT2D eigenvalue weighted by Crippen LogP contribution is -2.35. The topological polar surface area (TPSA) is 87.1 Å². The maximum atomic E-state index is 12.4. The first-order chi connectivity index (χ1) is 10.0. The smallest absolute Gasteiger partial charge is 0.423 e. The summed E-state index contributed by atoms with van der Waals surface area (Å²) in [5.41, 5.74) is -0.264. The lowest BCUT2D eigenvalue weighted by atomic mass is 9.80. The van der Waals surface area contributed by atoms with E-state index < -0.39 is 34.1 Å². The maximum absolute atomic E-state index is 12.4. The second-order valence-corrected chi connectivity index (χ2v) is 6.12. The number of halogens is 3. The molecule has 0 spiro atoms. The molecule has 0 atom stereocenters. The van der Waals surface area contributed by atoms with Crippen LogP contribution in [-0.4, -0.2) is 49.3 Å². The van der Waals surface area contributed by atoms with E-state index in [0.717, 1.165) is 22.5 Å². The van der Waals surface area contributed by atoms with Gasteiger partial charge >= 0.3 is 13.5 Å². The number of rotatable bonds is 6. The van der Waals surface area contributed by atoms with E-state index in [9.17, 15) is 21.6 Å². The van der Waals surface area contributed by atoms with E-state index in [0.29, 0.717) is 0 Å². The Labute approximate surface area is 126 Å². The monoisotopic (exact) mass is 341 g/mol. The van der Waals surface area contributed by atoms with Crippen LogP contribution in [0.2, 0.25) is 0 Å². The van der Waals surface area contributed by atoms with Gasteiger partial charge in [-0.25, -0.2) is 8.42 Å². The molecule has 6 nitrogen and oxygen atoms in total. The Kier molecular flexibility index (Phi) is 5.85. The van der Waals surface area contributed by atoms with Crippen molar-refractivity contribution >= 4 is 22.6 Å². The molecule has 0 radical (unpaired) electrons. The molecule has 0 heterocycles. The Morgan fingerprint density at radius 3 is 2.18 bits per heavy atom. The fourth-order valence-corrected chi connectivity index (χ4v) is 3.41. The molecule has 11 heteroatoms. The number of hydrogen-bond acceptors (Lipinski definition) is 5. The van der Waals surface area contributed by atoms with Gasteiger partial charge in [0, 0.05) is 13.1 Å². The molecular formula is C11H15BF3NO5S. The van der Waals surface area contributed by atoms with Gasteiger partial charge in [0.2, 0.25) is 10.0 Å². The molecule has 1 aromatic rings. The second-order valence-electron chi connectivity index (χ2n) is 4.22. The van der Waals surface area contributed by atoms with E-state index in [4.69, 9.17) is 10.0 Å². The van der Waals surface area contributed by atoms with E-state index in [2.05, 4.69) is 4.74 Å². The van der Waals surface area contributed by atoms with E-state index in [-0.39, 0.29) is 18.6 Å². The predicted molar refractivity (Wildman–Crippen MR) is 73.1 cm³/mol.